The lowest BCUT2D eigenvalue weighted by atomic mass is 10.3. The molecule has 0 amide bonds. The van der Waals surface area contributed by atoms with Crippen LogP contribution in [0, 0.1) is 11.8 Å². The highest BCUT2D eigenvalue weighted by Gasteiger charge is 2.33. The first-order chi connectivity index (χ1) is 10.1. The number of carboxylic acids is 1. The molecule has 21 heavy (non-hydrogen) atoms. The molecule has 1 saturated carbocycles. The standard InChI is InChI=1S/C15H18N2O3S/c1-9-5-10(9)7-17-13-4-3-11(20-2)6-12(13)16-15(17)21-8-14(18)19/h3-4,6,9-10H,5,7-8H2,1-2H3,(H,18,19). The van der Waals surface area contributed by atoms with Crippen molar-refractivity contribution in [3.8, 4) is 5.75 Å². The first-order valence-corrected chi connectivity index (χ1v) is 7.96. The highest BCUT2D eigenvalue weighted by molar-refractivity contribution is 7.99. The molecule has 3 rings (SSSR count). The Morgan fingerprint density at radius 2 is 2.33 bits per heavy atom. The Hall–Kier alpha value is -1.69. The van der Waals surface area contributed by atoms with E-state index >= 15 is 0 Å². The number of imidazole rings is 1. The molecule has 1 aliphatic carbocycles. The number of aromatic nitrogens is 2. The van der Waals surface area contributed by atoms with Crippen LogP contribution in [-0.4, -0.2) is 33.5 Å². The third kappa shape index (κ3) is 3.00. The van der Waals surface area contributed by atoms with Gasteiger partial charge in [0.05, 0.1) is 23.9 Å². The number of hydrogen-bond acceptors (Lipinski definition) is 4. The van der Waals surface area contributed by atoms with E-state index in [4.69, 9.17) is 9.84 Å². The van der Waals surface area contributed by atoms with Gasteiger partial charge in [-0.3, -0.25) is 4.79 Å². The molecule has 5 nitrogen and oxygen atoms in total. The van der Waals surface area contributed by atoms with Crippen molar-refractivity contribution < 1.29 is 14.6 Å². The van der Waals surface area contributed by atoms with Crippen LogP contribution in [0.1, 0.15) is 13.3 Å². The van der Waals surface area contributed by atoms with Crippen LogP contribution in [0.3, 0.4) is 0 Å². The maximum absolute atomic E-state index is 10.8. The summed E-state index contributed by atoms with van der Waals surface area (Å²) in [5.41, 5.74) is 1.90. The fourth-order valence-electron chi connectivity index (χ4n) is 2.52. The lowest BCUT2D eigenvalue weighted by Crippen LogP contribution is -2.05. The number of methoxy groups -OCH3 is 1. The highest BCUT2D eigenvalue weighted by atomic mass is 32.2. The molecule has 0 aliphatic heterocycles. The molecule has 2 unspecified atom stereocenters. The van der Waals surface area contributed by atoms with E-state index in [2.05, 4.69) is 16.5 Å². The maximum atomic E-state index is 10.8. The molecule has 1 N–H and O–H groups in total. The van der Waals surface area contributed by atoms with Crippen molar-refractivity contribution in [3.63, 3.8) is 0 Å². The van der Waals surface area contributed by atoms with Crippen LogP contribution >= 0.6 is 11.8 Å². The summed E-state index contributed by atoms with van der Waals surface area (Å²) in [6.07, 6.45) is 1.23. The molecule has 0 saturated heterocycles. The summed E-state index contributed by atoms with van der Waals surface area (Å²) in [7, 11) is 1.63. The van der Waals surface area contributed by atoms with Crippen LogP contribution in [0.15, 0.2) is 23.4 Å². The van der Waals surface area contributed by atoms with Gasteiger partial charge in [-0.2, -0.15) is 0 Å². The molecule has 2 atom stereocenters. The van der Waals surface area contributed by atoms with E-state index in [0.717, 1.165) is 34.4 Å². The number of carbonyl (C=O) groups is 1. The molecule has 0 spiro atoms. The predicted molar refractivity (Wildman–Crippen MR) is 81.9 cm³/mol. The van der Waals surface area contributed by atoms with E-state index < -0.39 is 5.97 Å². The molecule has 1 heterocycles. The minimum Gasteiger partial charge on any atom is -0.497 e. The minimum atomic E-state index is -0.823. The highest BCUT2D eigenvalue weighted by Crippen LogP contribution is 2.40. The average molecular weight is 306 g/mol. The van der Waals surface area contributed by atoms with E-state index in [1.807, 2.05) is 18.2 Å². The predicted octanol–water partition coefficient (Wildman–Crippen LogP) is 2.88. The topological polar surface area (TPSA) is 64.3 Å². The number of carboxylic acid groups (broad SMARTS) is 1. The number of fused-ring (bicyclic) bond motifs is 1. The van der Waals surface area contributed by atoms with Gasteiger partial charge in [-0.05, 0) is 30.4 Å². The normalized spacial score (nSPS) is 20.7. The van der Waals surface area contributed by atoms with Crippen LogP contribution < -0.4 is 4.74 Å². The van der Waals surface area contributed by atoms with Crippen LogP contribution in [0.4, 0.5) is 0 Å². The molecule has 1 aliphatic rings. The van der Waals surface area contributed by atoms with Crippen LogP contribution in [-0.2, 0) is 11.3 Å². The fourth-order valence-corrected chi connectivity index (χ4v) is 3.26. The average Bonchev–Trinajstić information content (AvgIpc) is 3.04. The first-order valence-electron chi connectivity index (χ1n) is 6.97. The number of nitrogens with zero attached hydrogens (tertiary/aromatic N) is 2. The summed E-state index contributed by atoms with van der Waals surface area (Å²) < 4.78 is 7.38. The largest absolute Gasteiger partial charge is 0.497 e. The zero-order valence-corrected chi connectivity index (χ0v) is 12.9. The summed E-state index contributed by atoms with van der Waals surface area (Å²) in [5, 5.41) is 9.66. The van der Waals surface area contributed by atoms with Crippen molar-refractivity contribution in [2.24, 2.45) is 11.8 Å². The monoisotopic (exact) mass is 306 g/mol. The third-order valence-electron chi connectivity index (χ3n) is 3.94. The first kappa shape index (κ1) is 14.3. The van der Waals surface area contributed by atoms with E-state index in [1.54, 1.807) is 7.11 Å². The van der Waals surface area contributed by atoms with Crippen molar-refractivity contribution in [1.29, 1.82) is 0 Å². The van der Waals surface area contributed by atoms with Gasteiger partial charge >= 0.3 is 5.97 Å². The Balaban J connectivity index is 1.96. The van der Waals surface area contributed by atoms with Crippen LogP contribution in [0.5, 0.6) is 5.75 Å². The lowest BCUT2D eigenvalue weighted by molar-refractivity contribution is -0.133. The molecule has 112 valence electrons. The zero-order valence-electron chi connectivity index (χ0n) is 12.1. The molecule has 1 aromatic carbocycles. The molecule has 0 radical (unpaired) electrons. The molecule has 1 aromatic heterocycles. The Morgan fingerprint density at radius 3 is 2.95 bits per heavy atom. The Kier molecular flexibility index (Phi) is 3.80. The summed E-state index contributed by atoms with van der Waals surface area (Å²) >= 11 is 1.28. The van der Waals surface area contributed by atoms with E-state index in [1.165, 1.54) is 18.2 Å². The van der Waals surface area contributed by atoms with E-state index in [-0.39, 0.29) is 5.75 Å². The SMILES string of the molecule is COc1ccc2c(c1)nc(SCC(=O)O)n2CC1CC1C. The molecular weight excluding hydrogens is 288 g/mol. The summed E-state index contributed by atoms with van der Waals surface area (Å²) in [5.74, 6) is 1.39. The summed E-state index contributed by atoms with van der Waals surface area (Å²) in [6.45, 7) is 3.16. The molecule has 0 bridgehead atoms. The molecular formula is C15H18N2O3S. The van der Waals surface area contributed by atoms with Gasteiger partial charge in [-0.15, -0.1) is 0 Å². The smallest absolute Gasteiger partial charge is 0.313 e. The van der Waals surface area contributed by atoms with Gasteiger partial charge in [-0.1, -0.05) is 18.7 Å². The summed E-state index contributed by atoms with van der Waals surface area (Å²) in [6, 6.07) is 5.81. The van der Waals surface area contributed by atoms with Gasteiger partial charge in [0.2, 0.25) is 0 Å². The van der Waals surface area contributed by atoms with Gasteiger partial charge in [0.25, 0.3) is 0 Å². The Bertz CT molecular complexity index is 683. The van der Waals surface area contributed by atoms with Crippen LogP contribution in [0.2, 0.25) is 0 Å². The number of benzene rings is 1. The fraction of sp³-hybridized carbons (Fsp3) is 0.467. The van der Waals surface area contributed by atoms with Crippen molar-refractivity contribution in [2.75, 3.05) is 12.9 Å². The second kappa shape index (κ2) is 5.60. The number of rotatable bonds is 6. The van der Waals surface area contributed by atoms with Crippen molar-refractivity contribution in [2.45, 2.75) is 25.0 Å². The lowest BCUT2D eigenvalue weighted by Gasteiger charge is -2.07. The third-order valence-corrected chi connectivity index (χ3v) is 4.90. The quantitative estimate of drug-likeness (QED) is 0.831. The number of ether oxygens (including phenoxy) is 1. The minimum absolute atomic E-state index is 0.0284. The second-order valence-electron chi connectivity index (χ2n) is 5.52. The molecule has 1 fully saturated rings. The molecule has 6 heteroatoms. The van der Waals surface area contributed by atoms with Gasteiger partial charge in [-0.25, -0.2) is 4.98 Å². The summed E-state index contributed by atoms with van der Waals surface area (Å²) in [4.78, 5) is 15.4. The van der Waals surface area contributed by atoms with Gasteiger partial charge in [0.15, 0.2) is 5.16 Å². The number of aliphatic carboxylic acids is 1. The maximum Gasteiger partial charge on any atom is 0.313 e. The second-order valence-corrected chi connectivity index (χ2v) is 6.46. The van der Waals surface area contributed by atoms with Crippen molar-refractivity contribution >= 4 is 28.8 Å². The van der Waals surface area contributed by atoms with Crippen molar-refractivity contribution in [3.05, 3.63) is 18.2 Å². The van der Waals surface area contributed by atoms with E-state index in [9.17, 15) is 4.79 Å². The number of hydrogen-bond donors (Lipinski definition) is 1. The zero-order chi connectivity index (χ0) is 15.0. The Morgan fingerprint density at radius 1 is 1.57 bits per heavy atom. The van der Waals surface area contributed by atoms with Gasteiger partial charge in [0.1, 0.15) is 5.75 Å². The Labute approximate surface area is 127 Å². The van der Waals surface area contributed by atoms with Gasteiger partial charge < -0.3 is 14.4 Å². The molecule has 2 aromatic rings. The van der Waals surface area contributed by atoms with E-state index in [0.29, 0.717) is 5.92 Å². The van der Waals surface area contributed by atoms with Gasteiger partial charge in [0, 0.05) is 12.6 Å². The van der Waals surface area contributed by atoms with Crippen molar-refractivity contribution in [1.82, 2.24) is 9.55 Å². The van der Waals surface area contributed by atoms with Crippen LogP contribution in [0.25, 0.3) is 11.0 Å². The number of thioether (sulfide) groups is 1.